The minimum absolute atomic E-state index is 0.209. The lowest BCUT2D eigenvalue weighted by Crippen LogP contribution is -2.48. The molecular formula is C12H17FN4O2S. The smallest absolute Gasteiger partial charge is 0.211 e. The summed E-state index contributed by atoms with van der Waals surface area (Å²) in [5.74, 6) is -0.464. The Morgan fingerprint density at radius 2 is 1.90 bits per heavy atom. The molecule has 0 spiro atoms. The maximum Gasteiger partial charge on any atom is 0.211 e. The Balaban J connectivity index is 2.25. The Morgan fingerprint density at radius 1 is 1.30 bits per heavy atom. The molecule has 2 rings (SSSR count). The molecule has 6 nitrogen and oxygen atoms in total. The van der Waals surface area contributed by atoms with Gasteiger partial charge in [0.15, 0.2) is 0 Å². The number of nitrogens with zero attached hydrogens (tertiary/aromatic N) is 2. The van der Waals surface area contributed by atoms with Gasteiger partial charge in [0, 0.05) is 43.6 Å². The van der Waals surface area contributed by atoms with Crippen LogP contribution in [0, 0.1) is 11.2 Å². The van der Waals surface area contributed by atoms with Crippen molar-refractivity contribution in [1.82, 2.24) is 4.31 Å². The summed E-state index contributed by atoms with van der Waals surface area (Å²) in [7, 11) is -3.20. The highest BCUT2D eigenvalue weighted by Gasteiger charge is 2.25. The van der Waals surface area contributed by atoms with Crippen LogP contribution in [0.1, 0.15) is 5.56 Å². The van der Waals surface area contributed by atoms with Gasteiger partial charge in [-0.25, -0.2) is 12.8 Å². The molecule has 1 fully saturated rings. The Kier molecular flexibility index (Phi) is 3.96. The van der Waals surface area contributed by atoms with Gasteiger partial charge in [0.25, 0.3) is 0 Å². The molecule has 1 aromatic carbocycles. The number of nitrogens with two attached hydrogens (primary N) is 1. The van der Waals surface area contributed by atoms with Crippen molar-refractivity contribution in [2.24, 2.45) is 0 Å². The van der Waals surface area contributed by atoms with Crippen molar-refractivity contribution in [3.05, 3.63) is 23.5 Å². The van der Waals surface area contributed by atoms with Gasteiger partial charge >= 0.3 is 0 Å². The van der Waals surface area contributed by atoms with Crippen LogP contribution in [0.5, 0.6) is 0 Å². The summed E-state index contributed by atoms with van der Waals surface area (Å²) in [6.45, 7) is 1.56. The van der Waals surface area contributed by atoms with E-state index in [0.717, 1.165) is 6.21 Å². The van der Waals surface area contributed by atoms with Gasteiger partial charge in [-0.3, -0.25) is 0 Å². The zero-order valence-corrected chi connectivity index (χ0v) is 12.0. The molecule has 1 aromatic rings. The first-order valence-corrected chi connectivity index (χ1v) is 7.97. The number of rotatable bonds is 3. The fourth-order valence-electron chi connectivity index (χ4n) is 2.30. The minimum atomic E-state index is -3.20. The van der Waals surface area contributed by atoms with E-state index in [1.165, 1.54) is 22.7 Å². The molecule has 0 atom stereocenters. The van der Waals surface area contributed by atoms with E-state index >= 15 is 0 Å². The Bertz CT molecular complexity index is 625. The largest absolute Gasteiger partial charge is 0.398 e. The lowest BCUT2D eigenvalue weighted by atomic mass is 10.1. The van der Waals surface area contributed by atoms with E-state index in [1.807, 2.05) is 4.90 Å². The van der Waals surface area contributed by atoms with Gasteiger partial charge in [-0.15, -0.1) is 0 Å². The zero-order chi connectivity index (χ0) is 14.9. The molecule has 0 saturated carbocycles. The molecule has 8 heteroatoms. The first kappa shape index (κ1) is 14.7. The third kappa shape index (κ3) is 2.91. The number of nitrogen functional groups attached to an aromatic ring is 1. The molecule has 1 saturated heterocycles. The highest BCUT2D eigenvalue weighted by molar-refractivity contribution is 7.88. The second-order valence-corrected chi connectivity index (χ2v) is 6.70. The van der Waals surface area contributed by atoms with E-state index in [4.69, 9.17) is 11.1 Å². The van der Waals surface area contributed by atoms with Gasteiger partial charge in [0.05, 0.1) is 11.9 Å². The molecule has 1 aliphatic heterocycles. The number of sulfonamides is 1. The SMILES string of the molecule is CS(=O)(=O)N1CCN(c2cc(F)cc(N)c2C=N)CC1. The molecule has 110 valence electrons. The number of halogens is 1. The Labute approximate surface area is 117 Å². The summed E-state index contributed by atoms with van der Waals surface area (Å²) in [4.78, 5) is 1.85. The van der Waals surface area contributed by atoms with Crippen LogP contribution < -0.4 is 10.6 Å². The van der Waals surface area contributed by atoms with Crippen LogP contribution in [0.3, 0.4) is 0 Å². The molecule has 0 aliphatic carbocycles. The summed E-state index contributed by atoms with van der Waals surface area (Å²) < 4.78 is 37.8. The zero-order valence-electron chi connectivity index (χ0n) is 11.1. The topological polar surface area (TPSA) is 90.5 Å². The average Bonchev–Trinajstić information content (AvgIpc) is 2.37. The first-order chi connectivity index (χ1) is 9.32. The number of benzene rings is 1. The van der Waals surface area contributed by atoms with Crippen LogP contribution >= 0.6 is 0 Å². The van der Waals surface area contributed by atoms with Crippen molar-refractivity contribution in [2.75, 3.05) is 43.1 Å². The number of hydrogen-bond donors (Lipinski definition) is 2. The summed E-state index contributed by atoms with van der Waals surface area (Å²) in [5.41, 5.74) is 6.91. The molecule has 3 N–H and O–H groups in total. The van der Waals surface area contributed by atoms with E-state index < -0.39 is 15.8 Å². The average molecular weight is 300 g/mol. The molecule has 0 amide bonds. The molecule has 1 aliphatic rings. The van der Waals surface area contributed by atoms with Gasteiger partial charge in [-0.2, -0.15) is 4.31 Å². The Hall–Kier alpha value is -1.67. The van der Waals surface area contributed by atoms with Gasteiger partial charge in [-0.05, 0) is 12.1 Å². The minimum Gasteiger partial charge on any atom is -0.398 e. The predicted octanol–water partition coefficient (Wildman–Crippen LogP) is 0.487. The summed E-state index contributed by atoms with van der Waals surface area (Å²) >= 11 is 0. The molecule has 0 aromatic heterocycles. The van der Waals surface area contributed by atoms with E-state index in [0.29, 0.717) is 37.4 Å². The second-order valence-electron chi connectivity index (χ2n) is 4.72. The van der Waals surface area contributed by atoms with Gasteiger partial charge in [0.1, 0.15) is 5.82 Å². The standard InChI is InChI=1S/C12H17FN4O2S/c1-20(18,19)17-4-2-16(3-5-17)12-7-9(13)6-11(15)10(12)8-14/h6-8,14H,2-5,15H2,1H3. The van der Waals surface area contributed by atoms with Crippen LogP contribution in [0.2, 0.25) is 0 Å². The van der Waals surface area contributed by atoms with E-state index in [-0.39, 0.29) is 5.69 Å². The van der Waals surface area contributed by atoms with E-state index in [2.05, 4.69) is 0 Å². The van der Waals surface area contributed by atoms with Crippen LogP contribution in [0.25, 0.3) is 0 Å². The molecule has 0 unspecified atom stereocenters. The quantitative estimate of drug-likeness (QED) is 0.628. The van der Waals surface area contributed by atoms with Gasteiger partial charge in [0.2, 0.25) is 10.0 Å². The second kappa shape index (κ2) is 5.37. The molecule has 20 heavy (non-hydrogen) atoms. The van der Waals surface area contributed by atoms with Gasteiger partial charge < -0.3 is 16.0 Å². The third-order valence-electron chi connectivity index (χ3n) is 3.35. The van der Waals surface area contributed by atoms with Crippen LogP contribution in [0.15, 0.2) is 12.1 Å². The lowest BCUT2D eigenvalue weighted by Gasteiger charge is -2.35. The monoisotopic (exact) mass is 300 g/mol. The molecular weight excluding hydrogens is 283 g/mol. The van der Waals surface area contributed by atoms with Crippen LogP contribution in [-0.4, -0.2) is 51.4 Å². The maximum atomic E-state index is 13.5. The molecule has 0 bridgehead atoms. The number of piperazine rings is 1. The van der Waals surface area contributed by atoms with Crippen molar-refractivity contribution in [2.45, 2.75) is 0 Å². The van der Waals surface area contributed by atoms with Crippen molar-refractivity contribution in [3.8, 4) is 0 Å². The lowest BCUT2D eigenvalue weighted by molar-refractivity contribution is 0.388. The van der Waals surface area contributed by atoms with E-state index in [9.17, 15) is 12.8 Å². The first-order valence-electron chi connectivity index (χ1n) is 6.12. The summed E-state index contributed by atoms with van der Waals surface area (Å²) in [6.07, 6.45) is 2.26. The van der Waals surface area contributed by atoms with Gasteiger partial charge in [-0.1, -0.05) is 0 Å². The molecule has 0 radical (unpaired) electrons. The highest BCUT2D eigenvalue weighted by Crippen LogP contribution is 2.27. The predicted molar refractivity (Wildman–Crippen MR) is 77.3 cm³/mol. The van der Waals surface area contributed by atoms with Crippen LogP contribution in [0.4, 0.5) is 15.8 Å². The van der Waals surface area contributed by atoms with Crippen LogP contribution in [-0.2, 0) is 10.0 Å². The van der Waals surface area contributed by atoms with E-state index in [1.54, 1.807) is 0 Å². The highest BCUT2D eigenvalue weighted by atomic mass is 32.2. The third-order valence-corrected chi connectivity index (χ3v) is 4.65. The Morgan fingerprint density at radius 3 is 2.40 bits per heavy atom. The van der Waals surface area contributed by atoms with Crippen molar-refractivity contribution in [3.63, 3.8) is 0 Å². The van der Waals surface area contributed by atoms with Crippen molar-refractivity contribution in [1.29, 1.82) is 5.41 Å². The number of anilines is 2. The fourth-order valence-corrected chi connectivity index (χ4v) is 3.13. The number of hydrogen-bond acceptors (Lipinski definition) is 5. The van der Waals surface area contributed by atoms with Crippen molar-refractivity contribution >= 4 is 27.6 Å². The maximum absolute atomic E-state index is 13.5. The number of nitrogens with one attached hydrogen (secondary N) is 1. The normalized spacial score (nSPS) is 17.2. The molecule has 1 heterocycles. The summed E-state index contributed by atoms with van der Waals surface area (Å²) in [5, 5.41) is 7.39. The van der Waals surface area contributed by atoms with Crippen molar-refractivity contribution < 1.29 is 12.8 Å². The fraction of sp³-hybridized carbons (Fsp3) is 0.417. The summed E-state index contributed by atoms with van der Waals surface area (Å²) in [6, 6.07) is 2.50.